The minimum Gasteiger partial charge on any atom is -0.370 e. The summed E-state index contributed by atoms with van der Waals surface area (Å²) in [7, 11) is -3.50. The molecular formula is C17H25N3O4S2. The Bertz CT molecular complexity index is 799. The highest BCUT2D eigenvalue weighted by Gasteiger charge is 2.41. The van der Waals surface area contributed by atoms with Crippen molar-refractivity contribution < 1.29 is 17.9 Å². The highest BCUT2D eigenvalue weighted by molar-refractivity contribution is 7.89. The number of rotatable bonds is 3. The van der Waals surface area contributed by atoms with Crippen LogP contribution in [-0.4, -0.2) is 57.8 Å². The maximum atomic E-state index is 12.9. The lowest BCUT2D eigenvalue weighted by molar-refractivity contribution is -0.0792. The van der Waals surface area contributed by atoms with E-state index in [1.165, 1.54) is 10.4 Å². The Labute approximate surface area is 157 Å². The van der Waals surface area contributed by atoms with E-state index in [0.29, 0.717) is 26.1 Å². The van der Waals surface area contributed by atoms with Crippen molar-refractivity contribution >= 4 is 27.3 Å². The van der Waals surface area contributed by atoms with Crippen LogP contribution in [0.3, 0.4) is 0 Å². The summed E-state index contributed by atoms with van der Waals surface area (Å²) in [6.07, 6.45) is 3.41. The Hall–Kier alpha value is -1.00. The number of carbonyl (C=O) groups is 1. The monoisotopic (exact) mass is 399 g/mol. The summed E-state index contributed by atoms with van der Waals surface area (Å²) in [6, 6.07) is 2.03. The first kappa shape index (κ1) is 18.4. The van der Waals surface area contributed by atoms with Crippen LogP contribution in [0.25, 0.3) is 0 Å². The van der Waals surface area contributed by atoms with Crippen molar-refractivity contribution in [3.05, 3.63) is 21.4 Å². The molecule has 3 aliphatic rings. The van der Waals surface area contributed by atoms with Crippen LogP contribution in [0.1, 0.15) is 39.4 Å². The Kier molecular flexibility index (Phi) is 4.85. The molecule has 3 aliphatic heterocycles. The minimum absolute atomic E-state index is 0.00500. The molecule has 2 fully saturated rings. The molecule has 144 valence electrons. The number of nitrogens with zero attached hydrogens (tertiary/aromatic N) is 1. The van der Waals surface area contributed by atoms with Crippen LogP contribution in [0.4, 0.5) is 0 Å². The van der Waals surface area contributed by atoms with Crippen LogP contribution in [0.2, 0.25) is 0 Å². The first-order valence-corrected chi connectivity index (χ1v) is 11.7. The standard InChI is InChI=1S/C17H25N3O4S2/c18-26(22,23)11-12-1-7-20(10-12)16(21)15-9-13-14(25-15)2-8-24-17(13)3-5-19-6-4-17/h9,12,19H,1-8,10-11H2,(H2,18,22,23). The maximum absolute atomic E-state index is 12.9. The number of likely N-dealkylation sites (tertiary alicyclic amines) is 1. The van der Waals surface area contributed by atoms with Gasteiger partial charge in [0, 0.05) is 24.4 Å². The van der Waals surface area contributed by atoms with Crippen molar-refractivity contribution in [1.82, 2.24) is 10.2 Å². The zero-order valence-electron chi connectivity index (χ0n) is 14.7. The maximum Gasteiger partial charge on any atom is 0.263 e. The van der Waals surface area contributed by atoms with E-state index in [0.717, 1.165) is 37.2 Å². The summed E-state index contributed by atoms with van der Waals surface area (Å²) >= 11 is 1.58. The molecule has 7 nitrogen and oxygen atoms in total. The van der Waals surface area contributed by atoms with E-state index in [1.54, 1.807) is 16.2 Å². The van der Waals surface area contributed by atoms with Gasteiger partial charge in [-0.2, -0.15) is 0 Å². The molecule has 1 aromatic heterocycles. The number of carbonyl (C=O) groups excluding carboxylic acids is 1. The molecule has 0 bridgehead atoms. The number of hydrogen-bond donors (Lipinski definition) is 2. The highest BCUT2D eigenvalue weighted by atomic mass is 32.2. The lowest BCUT2D eigenvalue weighted by Crippen LogP contribution is -2.44. The molecule has 1 aromatic rings. The molecule has 0 aliphatic carbocycles. The van der Waals surface area contributed by atoms with E-state index in [-0.39, 0.29) is 23.2 Å². The number of hydrogen-bond acceptors (Lipinski definition) is 6. The minimum atomic E-state index is -3.50. The first-order chi connectivity index (χ1) is 12.4. The predicted molar refractivity (Wildman–Crippen MR) is 99.7 cm³/mol. The van der Waals surface area contributed by atoms with Crippen LogP contribution >= 0.6 is 11.3 Å². The van der Waals surface area contributed by atoms with Crippen molar-refractivity contribution in [2.24, 2.45) is 11.1 Å². The van der Waals surface area contributed by atoms with Gasteiger partial charge in [-0.1, -0.05) is 0 Å². The number of fused-ring (bicyclic) bond motifs is 2. The molecule has 0 radical (unpaired) electrons. The van der Waals surface area contributed by atoms with E-state index in [4.69, 9.17) is 9.88 Å². The normalized spacial score (nSPS) is 25.4. The van der Waals surface area contributed by atoms with Gasteiger partial charge in [0.1, 0.15) is 0 Å². The van der Waals surface area contributed by atoms with Crippen molar-refractivity contribution in [3.63, 3.8) is 0 Å². The third-order valence-electron chi connectivity index (χ3n) is 5.67. The highest BCUT2D eigenvalue weighted by Crippen LogP contribution is 2.43. The summed E-state index contributed by atoms with van der Waals surface area (Å²) in [5, 5.41) is 8.52. The van der Waals surface area contributed by atoms with Gasteiger partial charge in [-0.25, -0.2) is 13.6 Å². The van der Waals surface area contributed by atoms with E-state index in [2.05, 4.69) is 5.32 Å². The Morgan fingerprint density at radius 3 is 2.92 bits per heavy atom. The van der Waals surface area contributed by atoms with Gasteiger partial charge in [-0.05, 0) is 49.9 Å². The summed E-state index contributed by atoms with van der Waals surface area (Å²) in [5.41, 5.74) is 0.952. The Morgan fingerprint density at radius 1 is 1.42 bits per heavy atom. The largest absolute Gasteiger partial charge is 0.370 e. The fourth-order valence-electron chi connectivity index (χ4n) is 4.40. The van der Waals surface area contributed by atoms with Crippen LogP contribution in [0, 0.1) is 5.92 Å². The molecule has 2 saturated heterocycles. The molecule has 0 aromatic carbocycles. The van der Waals surface area contributed by atoms with E-state index < -0.39 is 10.0 Å². The van der Waals surface area contributed by atoms with Gasteiger partial charge in [0.05, 0.1) is 22.8 Å². The first-order valence-electron chi connectivity index (χ1n) is 9.14. The number of sulfonamides is 1. The van der Waals surface area contributed by atoms with Gasteiger partial charge in [-0.3, -0.25) is 4.79 Å². The third-order valence-corrected chi connectivity index (χ3v) is 7.79. The fourth-order valence-corrected chi connectivity index (χ4v) is 6.53. The van der Waals surface area contributed by atoms with Crippen molar-refractivity contribution in [3.8, 4) is 0 Å². The fraction of sp³-hybridized carbons (Fsp3) is 0.706. The molecule has 3 N–H and O–H groups in total. The summed E-state index contributed by atoms with van der Waals surface area (Å²) in [4.78, 5) is 16.7. The van der Waals surface area contributed by atoms with E-state index >= 15 is 0 Å². The number of piperidine rings is 1. The summed E-state index contributed by atoms with van der Waals surface area (Å²) < 4.78 is 28.8. The second kappa shape index (κ2) is 6.87. The molecule has 0 saturated carbocycles. The van der Waals surface area contributed by atoms with E-state index in [1.807, 2.05) is 6.07 Å². The lowest BCUT2D eigenvalue weighted by Gasteiger charge is -2.40. The average Bonchev–Trinajstić information content (AvgIpc) is 3.21. The predicted octanol–water partition coefficient (Wildman–Crippen LogP) is 0.650. The Balaban J connectivity index is 1.52. The van der Waals surface area contributed by atoms with Gasteiger partial charge >= 0.3 is 0 Å². The number of ether oxygens (including phenoxy) is 1. The van der Waals surface area contributed by atoms with Gasteiger partial charge in [0.25, 0.3) is 5.91 Å². The second-order valence-electron chi connectivity index (χ2n) is 7.53. The molecule has 1 amide bonds. The Morgan fingerprint density at radius 2 is 2.19 bits per heavy atom. The van der Waals surface area contributed by atoms with Gasteiger partial charge in [-0.15, -0.1) is 11.3 Å². The van der Waals surface area contributed by atoms with Crippen LogP contribution in [0.15, 0.2) is 6.07 Å². The summed E-state index contributed by atoms with van der Waals surface area (Å²) in [6.45, 7) is 3.62. The SMILES string of the molecule is NS(=O)(=O)CC1CCN(C(=O)c2cc3c(s2)CCOC32CCNCC2)C1. The molecule has 1 unspecified atom stereocenters. The topological polar surface area (TPSA) is 102 Å². The van der Waals surface area contributed by atoms with E-state index in [9.17, 15) is 13.2 Å². The molecular weight excluding hydrogens is 374 g/mol. The molecule has 4 rings (SSSR count). The van der Waals surface area contributed by atoms with Crippen molar-refractivity contribution in [2.45, 2.75) is 31.3 Å². The van der Waals surface area contributed by atoms with Crippen molar-refractivity contribution in [1.29, 1.82) is 0 Å². The van der Waals surface area contributed by atoms with Gasteiger partial charge in [0.15, 0.2) is 0 Å². The smallest absolute Gasteiger partial charge is 0.263 e. The quantitative estimate of drug-likeness (QED) is 0.777. The third kappa shape index (κ3) is 3.55. The zero-order chi connectivity index (χ0) is 18.4. The van der Waals surface area contributed by atoms with Crippen LogP contribution in [-0.2, 0) is 26.8 Å². The number of nitrogens with one attached hydrogen (secondary N) is 1. The van der Waals surface area contributed by atoms with Gasteiger partial charge in [0.2, 0.25) is 10.0 Å². The number of primary sulfonamides is 1. The molecule has 26 heavy (non-hydrogen) atoms. The summed E-state index contributed by atoms with van der Waals surface area (Å²) in [5.74, 6) is -0.116. The molecule has 1 atom stereocenters. The number of thiophene rings is 1. The molecule has 1 spiro atoms. The van der Waals surface area contributed by atoms with Crippen LogP contribution in [0.5, 0.6) is 0 Å². The van der Waals surface area contributed by atoms with Crippen molar-refractivity contribution in [2.75, 3.05) is 38.5 Å². The number of nitrogens with two attached hydrogens (primary N) is 1. The number of amides is 1. The lowest BCUT2D eigenvalue weighted by atomic mass is 9.83. The molecule has 4 heterocycles. The average molecular weight is 400 g/mol. The molecule has 9 heteroatoms. The zero-order valence-corrected chi connectivity index (χ0v) is 16.3. The second-order valence-corrected chi connectivity index (χ2v) is 10.3. The van der Waals surface area contributed by atoms with Gasteiger partial charge < -0.3 is 15.0 Å². The van der Waals surface area contributed by atoms with Crippen LogP contribution < -0.4 is 10.5 Å².